The van der Waals surface area contributed by atoms with Gasteiger partial charge in [-0.3, -0.25) is 4.90 Å². The second-order valence-electron chi connectivity index (χ2n) is 12.2. The van der Waals surface area contributed by atoms with Crippen molar-refractivity contribution in [3.63, 3.8) is 0 Å². The SMILES string of the molecule is COCCN(CCOC)c1cc(C)c2c(c1)Sc1cc(N3CCN(C(C)C)CC3)cc(C)c1N2C(=O)OC(C)(C)C. The van der Waals surface area contributed by atoms with E-state index in [4.69, 9.17) is 14.2 Å². The molecule has 9 heteroatoms. The normalized spacial score (nSPS) is 15.7. The van der Waals surface area contributed by atoms with E-state index in [2.05, 4.69) is 66.7 Å². The Labute approximate surface area is 250 Å². The summed E-state index contributed by atoms with van der Waals surface area (Å²) in [5, 5.41) is 0. The first-order valence-corrected chi connectivity index (χ1v) is 15.5. The highest BCUT2D eigenvalue weighted by Gasteiger charge is 2.35. The predicted octanol–water partition coefficient (Wildman–Crippen LogP) is 6.47. The molecule has 0 aromatic heterocycles. The van der Waals surface area contributed by atoms with Gasteiger partial charge in [0.15, 0.2) is 0 Å². The summed E-state index contributed by atoms with van der Waals surface area (Å²) >= 11 is 1.74. The van der Waals surface area contributed by atoms with Crippen LogP contribution < -0.4 is 14.7 Å². The Balaban J connectivity index is 1.78. The summed E-state index contributed by atoms with van der Waals surface area (Å²) in [6.45, 7) is 21.3. The third-order valence-corrected chi connectivity index (χ3v) is 8.71. The summed E-state index contributed by atoms with van der Waals surface area (Å²) in [5.41, 5.74) is 5.57. The Morgan fingerprint density at radius 1 is 0.902 bits per heavy atom. The smallest absolute Gasteiger partial charge is 0.419 e. The fraction of sp³-hybridized carbons (Fsp3) is 0.594. The molecule has 2 aromatic carbocycles. The molecule has 1 saturated heterocycles. The maximum absolute atomic E-state index is 13.9. The molecule has 4 rings (SSSR count). The maximum Gasteiger partial charge on any atom is 0.419 e. The van der Waals surface area contributed by atoms with Crippen LogP contribution in [0.2, 0.25) is 0 Å². The molecule has 0 aliphatic carbocycles. The summed E-state index contributed by atoms with van der Waals surface area (Å²) in [7, 11) is 3.45. The Bertz CT molecular complexity index is 1210. The number of nitrogens with zero attached hydrogens (tertiary/aromatic N) is 4. The second-order valence-corrected chi connectivity index (χ2v) is 13.3. The minimum atomic E-state index is -0.614. The Morgan fingerprint density at radius 3 is 2.00 bits per heavy atom. The standard InChI is InChI=1S/C32H48N4O4S/c1-22(2)33-10-12-34(13-11-33)25-18-23(3)29-27(20-25)41-28-21-26(35(14-16-38-8)15-17-39-9)19-24(4)30(28)36(29)31(37)40-32(5,6)7/h18-22H,10-17H2,1-9H3. The van der Waals surface area contributed by atoms with Gasteiger partial charge in [-0.1, -0.05) is 11.8 Å². The molecule has 0 radical (unpaired) electrons. The molecular formula is C32H48N4O4S. The lowest BCUT2D eigenvalue weighted by atomic mass is 10.1. The van der Waals surface area contributed by atoms with E-state index in [0.717, 1.165) is 77.2 Å². The van der Waals surface area contributed by atoms with Crippen molar-refractivity contribution in [1.29, 1.82) is 0 Å². The maximum atomic E-state index is 13.9. The van der Waals surface area contributed by atoms with Gasteiger partial charge < -0.3 is 24.0 Å². The van der Waals surface area contributed by atoms with E-state index in [1.54, 1.807) is 30.9 Å². The highest BCUT2D eigenvalue weighted by molar-refractivity contribution is 7.99. The Kier molecular flexibility index (Phi) is 10.2. The number of carbonyl (C=O) groups is 1. The molecule has 226 valence electrons. The quantitative estimate of drug-likeness (QED) is 0.332. The van der Waals surface area contributed by atoms with Gasteiger partial charge >= 0.3 is 6.09 Å². The number of hydrogen-bond acceptors (Lipinski definition) is 8. The molecule has 0 unspecified atom stereocenters. The summed E-state index contributed by atoms with van der Waals surface area (Å²) in [6.07, 6.45) is -0.354. The van der Waals surface area contributed by atoms with E-state index in [9.17, 15) is 4.79 Å². The number of fused-ring (bicyclic) bond motifs is 2. The van der Waals surface area contributed by atoms with Gasteiger partial charge in [0.25, 0.3) is 0 Å². The van der Waals surface area contributed by atoms with Crippen LogP contribution in [0.15, 0.2) is 34.1 Å². The zero-order valence-electron chi connectivity index (χ0n) is 26.4. The van der Waals surface area contributed by atoms with Crippen LogP contribution in [0, 0.1) is 13.8 Å². The molecule has 0 saturated carbocycles. The van der Waals surface area contributed by atoms with Crippen LogP contribution in [0.1, 0.15) is 45.7 Å². The average molecular weight is 585 g/mol. The number of amides is 1. The number of hydrogen-bond donors (Lipinski definition) is 0. The lowest BCUT2D eigenvalue weighted by Crippen LogP contribution is -2.49. The van der Waals surface area contributed by atoms with Crippen molar-refractivity contribution in [2.24, 2.45) is 0 Å². The van der Waals surface area contributed by atoms with Crippen molar-refractivity contribution in [1.82, 2.24) is 4.90 Å². The van der Waals surface area contributed by atoms with E-state index in [0.29, 0.717) is 19.3 Å². The summed E-state index contributed by atoms with van der Waals surface area (Å²) in [6, 6.07) is 9.40. The first-order chi connectivity index (χ1) is 19.4. The molecule has 2 aliphatic rings. The highest BCUT2D eigenvalue weighted by atomic mass is 32.2. The molecule has 2 aromatic rings. The molecule has 8 nitrogen and oxygen atoms in total. The number of methoxy groups -OCH3 is 2. The van der Waals surface area contributed by atoms with Crippen LogP contribution >= 0.6 is 11.8 Å². The lowest BCUT2D eigenvalue weighted by Gasteiger charge is -2.39. The van der Waals surface area contributed by atoms with Crippen molar-refractivity contribution in [2.45, 2.75) is 69.9 Å². The first-order valence-electron chi connectivity index (χ1n) is 14.7. The number of aryl methyl sites for hydroxylation is 2. The van der Waals surface area contributed by atoms with Crippen LogP contribution in [-0.4, -0.2) is 89.3 Å². The molecular weight excluding hydrogens is 536 g/mol. The number of piperazine rings is 1. The molecule has 2 aliphatic heterocycles. The minimum absolute atomic E-state index is 0.354. The van der Waals surface area contributed by atoms with Crippen molar-refractivity contribution in [3.8, 4) is 0 Å². The van der Waals surface area contributed by atoms with Gasteiger partial charge in [0.05, 0.1) is 24.6 Å². The molecule has 1 fully saturated rings. The van der Waals surface area contributed by atoms with Crippen molar-refractivity contribution >= 4 is 40.6 Å². The average Bonchev–Trinajstić information content (AvgIpc) is 2.90. The third-order valence-electron chi connectivity index (χ3n) is 7.65. The van der Waals surface area contributed by atoms with Crippen LogP contribution in [-0.2, 0) is 14.2 Å². The van der Waals surface area contributed by atoms with Crippen LogP contribution in [0.5, 0.6) is 0 Å². The predicted molar refractivity (Wildman–Crippen MR) is 170 cm³/mol. The zero-order valence-corrected chi connectivity index (χ0v) is 27.2. The first kappa shape index (κ1) is 31.5. The van der Waals surface area contributed by atoms with Gasteiger partial charge in [0.2, 0.25) is 0 Å². The Morgan fingerprint density at radius 2 is 1.46 bits per heavy atom. The third kappa shape index (κ3) is 7.31. The number of anilines is 4. The van der Waals surface area contributed by atoms with Gasteiger partial charge in [0.1, 0.15) is 5.60 Å². The monoisotopic (exact) mass is 584 g/mol. The molecule has 0 atom stereocenters. The topological polar surface area (TPSA) is 57.7 Å². The molecule has 2 heterocycles. The van der Waals surface area contributed by atoms with Gasteiger partial charge in [-0.05, 0) is 83.9 Å². The van der Waals surface area contributed by atoms with Gasteiger partial charge in [-0.2, -0.15) is 0 Å². The summed E-state index contributed by atoms with van der Waals surface area (Å²) in [4.78, 5) is 25.1. The molecule has 0 spiro atoms. The fourth-order valence-corrected chi connectivity index (χ4v) is 6.84. The number of rotatable bonds is 9. The minimum Gasteiger partial charge on any atom is -0.443 e. The van der Waals surface area contributed by atoms with Gasteiger partial charge in [0, 0.05) is 80.7 Å². The lowest BCUT2D eigenvalue weighted by molar-refractivity contribution is 0.0597. The van der Waals surface area contributed by atoms with E-state index in [1.807, 2.05) is 20.8 Å². The summed E-state index contributed by atoms with van der Waals surface area (Å²) < 4.78 is 16.8. The van der Waals surface area contributed by atoms with E-state index in [1.165, 1.54) is 5.69 Å². The molecule has 0 N–H and O–H groups in total. The van der Waals surface area contributed by atoms with Crippen LogP contribution in [0.4, 0.5) is 27.5 Å². The zero-order chi connectivity index (χ0) is 29.9. The van der Waals surface area contributed by atoms with Gasteiger partial charge in [-0.25, -0.2) is 9.69 Å². The highest BCUT2D eigenvalue weighted by Crippen LogP contribution is 2.53. The number of ether oxygens (including phenoxy) is 3. The van der Waals surface area contributed by atoms with Gasteiger partial charge in [-0.15, -0.1) is 0 Å². The van der Waals surface area contributed by atoms with E-state index in [-0.39, 0.29) is 6.09 Å². The Hall–Kier alpha value is -2.46. The number of benzene rings is 2. The van der Waals surface area contributed by atoms with Crippen molar-refractivity contribution in [2.75, 3.05) is 81.4 Å². The van der Waals surface area contributed by atoms with E-state index >= 15 is 0 Å². The number of carbonyl (C=O) groups excluding carboxylic acids is 1. The largest absolute Gasteiger partial charge is 0.443 e. The fourth-order valence-electron chi connectivity index (χ4n) is 5.54. The van der Waals surface area contributed by atoms with Crippen LogP contribution in [0.25, 0.3) is 0 Å². The van der Waals surface area contributed by atoms with Crippen LogP contribution in [0.3, 0.4) is 0 Å². The van der Waals surface area contributed by atoms with Crippen molar-refractivity contribution < 1.29 is 19.0 Å². The van der Waals surface area contributed by atoms with Crippen molar-refractivity contribution in [3.05, 3.63) is 35.4 Å². The molecule has 1 amide bonds. The molecule has 0 bridgehead atoms. The second kappa shape index (κ2) is 13.2. The van der Waals surface area contributed by atoms with E-state index < -0.39 is 5.60 Å². The molecule has 41 heavy (non-hydrogen) atoms. The summed E-state index contributed by atoms with van der Waals surface area (Å²) in [5.74, 6) is 0.